The molecule has 0 aliphatic rings. The Morgan fingerprint density at radius 1 is 0.862 bits per heavy atom. The second-order valence-corrected chi connectivity index (χ2v) is 7.50. The van der Waals surface area contributed by atoms with Crippen molar-refractivity contribution in [3.63, 3.8) is 0 Å². The van der Waals surface area contributed by atoms with Crippen LogP contribution in [0.15, 0.2) is 131 Å². The van der Waals surface area contributed by atoms with Crippen molar-refractivity contribution in [1.29, 1.82) is 0 Å². The number of nitrogens with one attached hydrogen (secondary N) is 1. The normalized spacial score (nSPS) is 10.8. The van der Waals surface area contributed by atoms with Gasteiger partial charge in [0.1, 0.15) is 0 Å². The third kappa shape index (κ3) is 7.52. The first kappa shape index (κ1) is 22.3. The Labute approximate surface area is 181 Å². The van der Waals surface area contributed by atoms with Gasteiger partial charge in [-0.2, -0.15) is 0 Å². The molecule has 29 heavy (non-hydrogen) atoms. The zero-order chi connectivity index (χ0) is 20.9. The van der Waals surface area contributed by atoms with Crippen molar-refractivity contribution in [1.82, 2.24) is 0 Å². The molecule has 1 nitrogen and oxygen atoms in total. The molecule has 0 radical (unpaired) electrons. The molecule has 3 aromatic carbocycles. The topological polar surface area (TPSA) is 12.0 Å². The number of aryl methyl sites for hydroxylation is 1. The molecular weight excluding hydrogens is 370 g/mol. The first-order valence-electron chi connectivity index (χ1n) is 9.76. The fraction of sp³-hybridized carbons (Fsp3) is 0.111. The summed E-state index contributed by atoms with van der Waals surface area (Å²) >= 11 is 1.74. The van der Waals surface area contributed by atoms with Crippen molar-refractivity contribution in [2.75, 3.05) is 5.32 Å². The maximum absolute atomic E-state index is 3.86. The molecular formula is C27H31NS. The van der Waals surface area contributed by atoms with Crippen molar-refractivity contribution >= 4 is 17.4 Å². The molecule has 0 aliphatic carbocycles. The highest BCUT2D eigenvalue weighted by Gasteiger charge is 2.05. The predicted molar refractivity (Wildman–Crippen MR) is 132 cm³/mol. The van der Waals surface area contributed by atoms with Gasteiger partial charge in [-0.05, 0) is 54.8 Å². The molecule has 2 heteroatoms. The summed E-state index contributed by atoms with van der Waals surface area (Å²) in [5.74, 6) is 0. The molecule has 0 saturated carbocycles. The number of hydrogen-bond donors (Lipinski definition) is 1. The number of para-hydroxylation sites is 1. The highest BCUT2D eigenvalue weighted by atomic mass is 32.2. The Bertz CT molecular complexity index is 933. The third-order valence-corrected chi connectivity index (χ3v) is 5.40. The summed E-state index contributed by atoms with van der Waals surface area (Å²) in [4.78, 5) is 2.40. The monoisotopic (exact) mass is 401 g/mol. The van der Waals surface area contributed by atoms with E-state index in [0.29, 0.717) is 0 Å². The molecule has 0 heterocycles. The molecule has 1 N–H and O–H groups in total. The van der Waals surface area contributed by atoms with Crippen molar-refractivity contribution < 1.29 is 1.43 Å². The van der Waals surface area contributed by atoms with Crippen LogP contribution in [0.25, 0.3) is 0 Å². The van der Waals surface area contributed by atoms with Gasteiger partial charge in [0, 0.05) is 16.9 Å². The van der Waals surface area contributed by atoms with E-state index in [1.807, 2.05) is 43.3 Å². The molecule has 0 unspecified atom stereocenters. The fourth-order valence-corrected chi connectivity index (χ4v) is 3.48. The number of benzene rings is 3. The summed E-state index contributed by atoms with van der Waals surface area (Å²) in [6.45, 7) is 11.9. The van der Waals surface area contributed by atoms with Crippen LogP contribution in [-0.2, 0) is 6.42 Å². The van der Waals surface area contributed by atoms with Gasteiger partial charge in [0.2, 0.25) is 0 Å². The van der Waals surface area contributed by atoms with Gasteiger partial charge in [-0.15, -0.1) is 0 Å². The summed E-state index contributed by atoms with van der Waals surface area (Å²) in [5.41, 5.74) is 4.53. The van der Waals surface area contributed by atoms with Crippen molar-refractivity contribution in [2.24, 2.45) is 0 Å². The Morgan fingerprint density at radius 2 is 1.45 bits per heavy atom. The van der Waals surface area contributed by atoms with Crippen LogP contribution in [0.2, 0.25) is 0 Å². The van der Waals surface area contributed by atoms with E-state index >= 15 is 0 Å². The summed E-state index contributed by atoms with van der Waals surface area (Å²) in [7, 11) is 0. The average molecular weight is 402 g/mol. The SMILES string of the molecule is C=C/C(C)=C(\C=C)Nc1ccccc1Sc1ccccc1.CCc1ccccc1.[HH]. The molecule has 0 saturated heterocycles. The number of hydrogen-bond acceptors (Lipinski definition) is 2. The average Bonchev–Trinajstić information content (AvgIpc) is 2.79. The van der Waals surface area contributed by atoms with Crippen LogP contribution in [0.3, 0.4) is 0 Å². The van der Waals surface area contributed by atoms with E-state index in [4.69, 9.17) is 0 Å². The second-order valence-electron chi connectivity index (χ2n) is 6.38. The quantitative estimate of drug-likeness (QED) is 0.399. The molecule has 3 rings (SSSR count). The van der Waals surface area contributed by atoms with Crippen LogP contribution in [-0.4, -0.2) is 0 Å². The van der Waals surface area contributed by atoms with E-state index < -0.39 is 0 Å². The van der Waals surface area contributed by atoms with E-state index in [9.17, 15) is 0 Å². The molecule has 0 atom stereocenters. The maximum atomic E-state index is 3.86. The molecule has 0 amide bonds. The minimum Gasteiger partial charge on any atom is -0.354 e. The van der Waals surface area contributed by atoms with Gasteiger partial charge >= 0.3 is 0 Å². The lowest BCUT2D eigenvalue weighted by molar-refractivity contribution is 1.14. The van der Waals surface area contributed by atoms with Crippen LogP contribution in [0, 0.1) is 0 Å². The molecule has 150 valence electrons. The van der Waals surface area contributed by atoms with E-state index in [2.05, 4.69) is 86.1 Å². The molecule has 0 bridgehead atoms. The predicted octanol–water partition coefficient (Wildman–Crippen LogP) is 8.39. The number of rotatable bonds is 7. The van der Waals surface area contributed by atoms with Gasteiger partial charge < -0.3 is 5.32 Å². The van der Waals surface area contributed by atoms with Gasteiger partial charge in [-0.3, -0.25) is 0 Å². The van der Waals surface area contributed by atoms with E-state index in [1.54, 1.807) is 11.8 Å². The Hall–Kier alpha value is -2.97. The maximum Gasteiger partial charge on any atom is 0.0526 e. The molecule has 0 spiro atoms. The van der Waals surface area contributed by atoms with Gasteiger partial charge in [-0.1, -0.05) is 98.6 Å². The van der Waals surface area contributed by atoms with Crippen molar-refractivity contribution in [3.8, 4) is 0 Å². The minimum absolute atomic E-state index is 0. The minimum atomic E-state index is 0. The lowest BCUT2D eigenvalue weighted by atomic mass is 10.2. The Morgan fingerprint density at radius 3 is 2.00 bits per heavy atom. The van der Waals surface area contributed by atoms with Gasteiger partial charge in [0.25, 0.3) is 0 Å². The van der Waals surface area contributed by atoms with Crippen LogP contribution < -0.4 is 5.32 Å². The third-order valence-electron chi connectivity index (χ3n) is 4.31. The number of anilines is 1. The Kier molecular flexibility index (Phi) is 9.61. The molecule has 0 fully saturated rings. The fourth-order valence-electron chi connectivity index (χ4n) is 2.55. The molecule has 0 aromatic heterocycles. The number of allylic oxidation sites excluding steroid dienone is 3. The van der Waals surface area contributed by atoms with Gasteiger partial charge in [0.15, 0.2) is 0 Å². The summed E-state index contributed by atoms with van der Waals surface area (Å²) < 4.78 is 0. The summed E-state index contributed by atoms with van der Waals surface area (Å²) in [6, 6.07) is 29.1. The highest BCUT2D eigenvalue weighted by molar-refractivity contribution is 7.99. The highest BCUT2D eigenvalue weighted by Crippen LogP contribution is 2.34. The second kappa shape index (κ2) is 12.5. The zero-order valence-corrected chi connectivity index (χ0v) is 18.1. The lowest BCUT2D eigenvalue weighted by Crippen LogP contribution is -2.00. The largest absolute Gasteiger partial charge is 0.354 e. The Balaban J connectivity index is 0.000000421. The van der Waals surface area contributed by atoms with Gasteiger partial charge in [0.05, 0.1) is 5.69 Å². The smallest absolute Gasteiger partial charge is 0.0526 e. The summed E-state index contributed by atoms with van der Waals surface area (Å²) in [6.07, 6.45) is 4.79. The lowest BCUT2D eigenvalue weighted by Gasteiger charge is -2.13. The van der Waals surface area contributed by atoms with Crippen molar-refractivity contribution in [3.05, 3.63) is 127 Å². The van der Waals surface area contributed by atoms with Crippen LogP contribution in [0.5, 0.6) is 0 Å². The van der Waals surface area contributed by atoms with E-state index in [-0.39, 0.29) is 1.43 Å². The molecule has 3 aromatic rings. The molecule has 0 aliphatic heterocycles. The van der Waals surface area contributed by atoms with E-state index in [1.165, 1.54) is 15.4 Å². The van der Waals surface area contributed by atoms with Crippen LogP contribution >= 0.6 is 11.8 Å². The first-order chi connectivity index (χ1) is 14.2. The first-order valence-corrected chi connectivity index (χ1v) is 10.6. The van der Waals surface area contributed by atoms with E-state index in [0.717, 1.165) is 23.4 Å². The van der Waals surface area contributed by atoms with Crippen LogP contribution in [0.1, 0.15) is 20.8 Å². The zero-order valence-electron chi connectivity index (χ0n) is 17.3. The van der Waals surface area contributed by atoms with Crippen molar-refractivity contribution in [2.45, 2.75) is 30.1 Å². The van der Waals surface area contributed by atoms with Crippen LogP contribution in [0.4, 0.5) is 5.69 Å². The summed E-state index contributed by atoms with van der Waals surface area (Å²) in [5, 5.41) is 3.44. The van der Waals surface area contributed by atoms with Gasteiger partial charge in [-0.25, -0.2) is 0 Å². The standard InChI is InChI=1S/C19H19NS.C8H10.H2/c1-4-15(3)17(5-2)20-18-13-9-10-14-19(18)21-16-11-7-6-8-12-16;1-2-8-6-4-3-5-7-8;/h4-14,20H,1-2H2,3H3;3-7H,2H2,1H3;1H/b17-15+;;.